The second kappa shape index (κ2) is 8.57. The first kappa shape index (κ1) is 22.0. The maximum absolute atomic E-state index is 13.9. The topological polar surface area (TPSA) is 99.5 Å². The molecule has 0 amide bonds. The van der Waals surface area contributed by atoms with E-state index in [9.17, 15) is 23.0 Å². The summed E-state index contributed by atoms with van der Waals surface area (Å²) >= 11 is 0. The number of hydrogen-bond acceptors (Lipinski definition) is 6. The van der Waals surface area contributed by atoms with E-state index in [-0.39, 0.29) is 36.4 Å². The maximum atomic E-state index is 13.9. The van der Waals surface area contributed by atoms with Crippen molar-refractivity contribution in [2.75, 3.05) is 30.5 Å². The van der Waals surface area contributed by atoms with E-state index < -0.39 is 9.84 Å². The van der Waals surface area contributed by atoms with Gasteiger partial charge >= 0.3 is 0 Å². The van der Waals surface area contributed by atoms with Crippen molar-refractivity contribution in [1.82, 2.24) is 4.98 Å². The third-order valence-corrected chi connectivity index (χ3v) is 5.93. The van der Waals surface area contributed by atoms with Crippen LogP contribution in [-0.2, 0) is 9.84 Å². The first-order chi connectivity index (χ1) is 14.1. The monoisotopic (exact) mass is 432 g/mol. The summed E-state index contributed by atoms with van der Waals surface area (Å²) < 4.78 is 37.0. The standard InChI is InChI=1S/C22H25FN2O4S/c1-13-10-15(4-7-18(13)23)21-17-6-5-16(27)11-19(17)25-22(20(21)14(2)12-26)24-8-9-30(3,28)29/h4-7,10-11,14,26-27H,8-9,12H2,1-3H3,(H,24,25). The van der Waals surface area contributed by atoms with E-state index in [2.05, 4.69) is 10.3 Å². The summed E-state index contributed by atoms with van der Waals surface area (Å²) in [6.07, 6.45) is 1.16. The molecule has 2 aromatic carbocycles. The van der Waals surface area contributed by atoms with Crippen LogP contribution in [0.5, 0.6) is 5.75 Å². The van der Waals surface area contributed by atoms with E-state index >= 15 is 0 Å². The molecule has 3 aromatic rings. The molecule has 1 atom stereocenters. The lowest BCUT2D eigenvalue weighted by Gasteiger charge is -2.22. The van der Waals surface area contributed by atoms with Crippen molar-refractivity contribution in [3.05, 3.63) is 53.3 Å². The molecule has 1 unspecified atom stereocenters. The van der Waals surface area contributed by atoms with Gasteiger partial charge in [0.25, 0.3) is 0 Å². The third-order valence-electron chi connectivity index (χ3n) is 4.99. The Bertz CT molecular complexity index is 1200. The van der Waals surface area contributed by atoms with Gasteiger partial charge in [0.1, 0.15) is 27.2 Å². The molecule has 3 rings (SSSR count). The van der Waals surface area contributed by atoms with Crippen LogP contribution in [-0.4, -0.2) is 48.8 Å². The van der Waals surface area contributed by atoms with Gasteiger partial charge < -0.3 is 15.5 Å². The molecule has 1 heterocycles. The Morgan fingerprint density at radius 2 is 1.93 bits per heavy atom. The van der Waals surface area contributed by atoms with Crippen molar-refractivity contribution in [3.63, 3.8) is 0 Å². The predicted octanol–water partition coefficient (Wildman–Crippen LogP) is 3.61. The van der Waals surface area contributed by atoms with Crippen LogP contribution in [0.1, 0.15) is 24.0 Å². The molecule has 0 radical (unpaired) electrons. The molecule has 30 heavy (non-hydrogen) atoms. The summed E-state index contributed by atoms with van der Waals surface area (Å²) in [5, 5.41) is 23.7. The smallest absolute Gasteiger partial charge is 0.149 e. The highest BCUT2D eigenvalue weighted by Crippen LogP contribution is 2.40. The van der Waals surface area contributed by atoms with Gasteiger partial charge in [0.15, 0.2) is 0 Å². The molecule has 8 heteroatoms. The molecule has 3 N–H and O–H groups in total. The van der Waals surface area contributed by atoms with E-state index in [1.807, 2.05) is 6.92 Å². The number of aryl methyl sites for hydroxylation is 1. The zero-order valence-electron chi connectivity index (χ0n) is 17.1. The second-order valence-electron chi connectivity index (χ2n) is 7.55. The van der Waals surface area contributed by atoms with Crippen LogP contribution < -0.4 is 5.32 Å². The molecular formula is C22H25FN2O4S. The Morgan fingerprint density at radius 3 is 2.57 bits per heavy atom. The minimum Gasteiger partial charge on any atom is -0.508 e. The van der Waals surface area contributed by atoms with Crippen LogP contribution in [0, 0.1) is 12.7 Å². The largest absolute Gasteiger partial charge is 0.508 e. The molecule has 1 aromatic heterocycles. The molecule has 0 aliphatic heterocycles. The van der Waals surface area contributed by atoms with Gasteiger partial charge in [0.2, 0.25) is 0 Å². The number of aliphatic hydroxyl groups excluding tert-OH is 1. The summed E-state index contributed by atoms with van der Waals surface area (Å²) in [6, 6.07) is 9.59. The summed E-state index contributed by atoms with van der Waals surface area (Å²) in [5.41, 5.74) is 3.18. The van der Waals surface area contributed by atoms with Gasteiger partial charge in [-0.05, 0) is 47.9 Å². The van der Waals surface area contributed by atoms with Crippen molar-refractivity contribution in [2.24, 2.45) is 0 Å². The molecule has 0 aliphatic rings. The number of pyridine rings is 1. The van der Waals surface area contributed by atoms with E-state index in [1.54, 1.807) is 31.2 Å². The Balaban J connectivity index is 2.30. The predicted molar refractivity (Wildman–Crippen MR) is 117 cm³/mol. The van der Waals surface area contributed by atoms with E-state index in [0.29, 0.717) is 22.5 Å². The highest BCUT2D eigenvalue weighted by Gasteiger charge is 2.22. The van der Waals surface area contributed by atoms with Crippen LogP contribution in [0.4, 0.5) is 10.2 Å². The minimum atomic E-state index is -3.18. The fraction of sp³-hybridized carbons (Fsp3) is 0.318. The number of nitrogens with zero attached hydrogens (tertiary/aromatic N) is 1. The van der Waals surface area contributed by atoms with Crippen molar-refractivity contribution in [2.45, 2.75) is 19.8 Å². The number of halogens is 1. The molecule has 6 nitrogen and oxygen atoms in total. The van der Waals surface area contributed by atoms with E-state index in [1.165, 1.54) is 12.1 Å². The first-order valence-corrected chi connectivity index (χ1v) is 11.6. The van der Waals surface area contributed by atoms with E-state index in [0.717, 1.165) is 22.8 Å². The van der Waals surface area contributed by atoms with Crippen LogP contribution in [0.25, 0.3) is 22.0 Å². The van der Waals surface area contributed by atoms with E-state index in [4.69, 9.17) is 0 Å². The Labute approximate surface area is 175 Å². The Hall–Kier alpha value is -2.71. The van der Waals surface area contributed by atoms with Gasteiger partial charge in [0.05, 0.1) is 11.3 Å². The molecular weight excluding hydrogens is 407 g/mol. The zero-order chi connectivity index (χ0) is 22.1. The molecule has 160 valence electrons. The number of fused-ring (bicyclic) bond motifs is 1. The average Bonchev–Trinajstić information content (AvgIpc) is 2.67. The van der Waals surface area contributed by atoms with Gasteiger partial charge in [0, 0.05) is 42.3 Å². The van der Waals surface area contributed by atoms with Crippen LogP contribution in [0.15, 0.2) is 36.4 Å². The number of nitrogens with one attached hydrogen (secondary N) is 1. The molecule has 0 aliphatic carbocycles. The lowest BCUT2D eigenvalue weighted by molar-refractivity contribution is 0.273. The highest BCUT2D eigenvalue weighted by atomic mass is 32.2. The van der Waals surface area contributed by atoms with Gasteiger partial charge in [-0.15, -0.1) is 0 Å². The number of phenols is 1. The van der Waals surface area contributed by atoms with Gasteiger partial charge in [-0.3, -0.25) is 0 Å². The number of hydrogen-bond donors (Lipinski definition) is 3. The molecule has 0 saturated carbocycles. The number of anilines is 1. The quantitative estimate of drug-likeness (QED) is 0.528. The van der Waals surface area contributed by atoms with Crippen molar-refractivity contribution >= 4 is 26.6 Å². The normalized spacial score (nSPS) is 12.8. The van der Waals surface area contributed by atoms with Crippen molar-refractivity contribution in [3.8, 4) is 16.9 Å². The van der Waals surface area contributed by atoms with Gasteiger partial charge in [-0.2, -0.15) is 0 Å². The molecule has 0 fully saturated rings. The average molecular weight is 433 g/mol. The number of sulfone groups is 1. The Morgan fingerprint density at radius 1 is 1.20 bits per heavy atom. The van der Waals surface area contributed by atoms with Gasteiger partial charge in [-0.25, -0.2) is 17.8 Å². The minimum absolute atomic E-state index is 0.0429. The molecule has 0 bridgehead atoms. The number of aromatic nitrogens is 1. The Kier molecular flexibility index (Phi) is 6.28. The van der Waals surface area contributed by atoms with Gasteiger partial charge in [-0.1, -0.05) is 13.0 Å². The fourth-order valence-corrected chi connectivity index (χ4v) is 3.91. The van der Waals surface area contributed by atoms with Crippen LogP contribution in [0.3, 0.4) is 0 Å². The highest BCUT2D eigenvalue weighted by molar-refractivity contribution is 7.90. The number of benzene rings is 2. The fourth-order valence-electron chi connectivity index (χ4n) is 3.44. The summed E-state index contributed by atoms with van der Waals surface area (Å²) in [5.74, 6) is -0.253. The van der Waals surface area contributed by atoms with Crippen LogP contribution >= 0.6 is 0 Å². The first-order valence-electron chi connectivity index (χ1n) is 9.56. The molecule has 0 spiro atoms. The van der Waals surface area contributed by atoms with Crippen LogP contribution in [0.2, 0.25) is 0 Å². The number of aliphatic hydroxyl groups is 1. The summed E-state index contributed by atoms with van der Waals surface area (Å²) in [6.45, 7) is 3.50. The summed E-state index contributed by atoms with van der Waals surface area (Å²) in [7, 11) is -3.18. The lowest BCUT2D eigenvalue weighted by Crippen LogP contribution is -2.17. The third kappa shape index (κ3) is 4.71. The lowest BCUT2D eigenvalue weighted by atomic mass is 9.88. The maximum Gasteiger partial charge on any atom is 0.149 e. The number of phenolic OH excluding ortho intramolecular Hbond substituents is 1. The number of aromatic hydroxyl groups is 1. The molecule has 0 saturated heterocycles. The zero-order valence-corrected chi connectivity index (χ0v) is 17.9. The second-order valence-corrected chi connectivity index (χ2v) is 9.81. The van der Waals surface area contributed by atoms with Crippen molar-refractivity contribution in [1.29, 1.82) is 0 Å². The van der Waals surface area contributed by atoms with Crippen molar-refractivity contribution < 1.29 is 23.0 Å². The number of rotatable bonds is 7. The summed E-state index contributed by atoms with van der Waals surface area (Å²) in [4.78, 5) is 4.60. The SMILES string of the molecule is Cc1cc(-c2c(C(C)CO)c(NCCS(C)(=O)=O)nc3cc(O)ccc23)ccc1F.